The molecule has 1 amide bonds. The summed E-state index contributed by atoms with van der Waals surface area (Å²) in [6.45, 7) is 5.43. The number of carbonyl (C=O) groups is 1. The summed E-state index contributed by atoms with van der Waals surface area (Å²) in [5.41, 5.74) is 1.93. The zero-order chi connectivity index (χ0) is 20.2. The lowest BCUT2D eigenvalue weighted by atomic mass is 10.1. The van der Waals surface area contributed by atoms with Crippen molar-refractivity contribution in [2.45, 2.75) is 6.92 Å². The molecule has 152 valence electrons. The molecule has 1 fully saturated rings. The fraction of sp³-hybridized carbons (Fsp3) is 0.350. The van der Waals surface area contributed by atoms with E-state index >= 15 is 0 Å². The van der Waals surface area contributed by atoms with Gasteiger partial charge in [-0.25, -0.2) is 0 Å². The first kappa shape index (κ1) is 19.0. The summed E-state index contributed by atoms with van der Waals surface area (Å²) in [6, 6.07) is 7.20. The van der Waals surface area contributed by atoms with E-state index in [-0.39, 0.29) is 5.91 Å². The van der Waals surface area contributed by atoms with Crippen molar-refractivity contribution >= 4 is 28.6 Å². The fourth-order valence-electron chi connectivity index (χ4n) is 3.31. The zero-order valence-corrected chi connectivity index (χ0v) is 16.5. The molecule has 0 radical (unpaired) electrons. The number of fused-ring (bicyclic) bond motifs is 1. The van der Waals surface area contributed by atoms with Crippen molar-refractivity contribution in [1.29, 1.82) is 0 Å². The van der Waals surface area contributed by atoms with Gasteiger partial charge >= 0.3 is 0 Å². The molecule has 3 heterocycles. The third kappa shape index (κ3) is 3.95. The van der Waals surface area contributed by atoms with Gasteiger partial charge in [0.15, 0.2) is 0 Å². The number of amides is 1. The Kier molecular flexibility index (Phi) is 5.48. The maximum atomic E-state index is 12.7. The number of ether oxygens (including phenoxy) is 2. The summed E-state index contributed by atoms with van der Waals surface area (Å²) in [4.78, 5) is 26.6. The van der Waals surface area contributed by atoms with E-state index in [2.05, 4.69) is 25.6 Å². The lowest BCUT2D eigenvalue weighted by Gasteiger charge is -2.27. The van der Waals surface area contributed by atoms with E-state index in [9.17, 15) is 4.79 Å². The molecule has 29 heavy (non-hydrogen) atoms. The van der Waals surface area contributed by atoms with E-state index in [1.165, 1.54) is 0 Å². The van der Waals surface area contributed by atoms with E-state index in [0.29, 0.717) is 54.2 Å². The Morgan fingerprint density at radius 1 is 1.24 bits per heavy atom. The maximum absolute atomic E-state index is 12.7. The van der Waals surface area contributed by atoms with Crippen LogP contribution >= 0.6 is 0 Å². The van der Waals surface area contributed by atoms with Crippen molar-refractivity contribution in [3.05, 3.63) is 36.0 Å². The highest BCUT2D eigenvalue weighted by atomic mass is 16.5. The van der Waals surface area contributed by atoms with E-state index in [0.717, 1.165) is 18.5 Å². The highest BCUT2D eigenvalue weighted by molar-refractivity contribution is 5.95. The third-order valence-electron chi connectivity index (χ3n) is 4.76. The Labute approximate surface area is 168 Å². The summed E-state index contributed by atoms with van der Waals surface area (Å²) in [5.74, 6) is 1.42. The first-order valence-corrected chi connectivity index (χ1v) is 9.62. The van der Waals surface area contributed by atoms with Crippen LogP contribution in [0.25, 0.3) is 11.0 Å². The molecule has 4 rings (SSSR count). The van der Waals surface area contributed by atoms with Crippen molar-refractivity contribution in [3.63, 3.8) is 0 Å². The number of aromatic amines is 1. The summed E-state index contributed by atoms with van der Waals surface area (Å²) in [6.07, 6.45) is 1.79. The number of piperazine rings is 1. The molecule has 0 bridgehead atoms. The van der Waals surface area contributed by atoms with E-state index in [1.54, 1.807) is 31.5 Å². The molecule has 0 saturated carbocycles. The smallest absolute Gasteiger partial charge is 0.254 e. The number of aromatic nitrogens is 3. The molecular formula is C20H24N6O3. The van der Waals surface area contributed by atoms with Gasteiger partial charge in [0, 0.05) is 37.9 Å². The van der Waals surface area contributed by atoms with Crippen LogP contribution < -0.4 is 20.1 Å². The number of nitrogens with zero attached hydrogens (tertiary/aromatic N) is 3. The van der Waals surface area contributed by atoms with Crippen LogP contribution in [-0.2, 0) is 0 Å². The first-order chi connectivity index (χ1) is 14.2. The number of H-pyrrole nitrogens is 1. The minimum Gasteiger partial charge on any atom is -0.495 e. The Bertz CT molecular complexity index is 1010. The van der Waals surface area contributed by atoms with Crippen molar-refractivity contribution in [2.24, 2.45) is 0 Å². The van der Waals surface area contributed by atoms with Gasteiger partial charge in [-0.05, 0) is 31.2 Å². The lowest BCUT2D eigenvalue weighted by molar-refractivity contribution is 0.0735. The van der Waals surface area contributed by atoms with Gasteiger partial charge in [0.2, 0.25) is 11.8 Å². The Morgan fingerprint density at radius 2 is 2.07 bits per heavy atom. The van der Waals surface area contributed by atoms with Gasteiger partial charge in [-0.2, -0.15) is 9.97 Å². The van der Waals surface area contributed by atoms with Crippen molar-refractivity contribution in [3.8, 4) is 11.6 Å². The average molecular weight is 396 g/mol. The van der Waals surface area contributed by atoms with Crippen LogP contribution in [0.1, 0.15) is 17.3 Å². The molecule has 0 spiro atoms. The maximum Gasteiger partial charge on any atom is 0.254 e. The summed E-state index contributed by atoms with van der Waals surface area (Å²) in [7, 11) is 1.57. The quantitative estimate of drug-likeness (QED) is 0.586. The fourth-order valence-corrected chi connectivity index (χ4v) is 3.31. The molecule has 1 aromatic carbocycles. The van der Waals surface area contributed by atoms with Crippen LogP contribution in [0, 0.1) is 0 Å². The molecular weight excluding hydrogens is 372 g/mol. The predicted octanol–water partition coefficient (Wildman–Crippen LogP) is 2.15. The number of methoxy groups -OCH3 is 1. The minimum absolute atomic E-state index is 0.000891. The van der Waals surface area contributed by atoms with Gasteiger partial charge in [0.05, 0.1) is 24.8 Å². The highest BCUT2D eigenvalue weighted by Crippen LogP contribution is 2.30. The van der Waals surface area contributed by atoms with Gasteiger partial charge < -0.3 is 30.0 Å². The van der Waals surface area contributed by atoms with Crippen LogP contribution in [-0.4, -0.2) is 65.7 Å². The van der Waals surface area contributed by atoms with Crippen molar-refractivity contribution in [1.82, 2.24) is 25.2 Å². The number of hydrogen-bond donors (Lipinski definition) is 3. The molecule has 2 aromatic heterocycles. The van der Waals surface area contributed by atoms with Crippen molar-refractivity contribution < 1.29 is 14.3 Å². The lowest BCUT2D eigenvalue weighted by Crippen LogP contribution is -2.46. The summed E-state index contributed by atoms with van der Waals surface area (Å²) in [5, 5.41) is 7.24. The molecule has 0 atom stereocenters. The second kappa shape index (κ2) is 8.36. The second-order valence-corrected chi connectivity index (χ2v) is 6.61. The number of benzene rings is 1. The third-order valence-corrected chi connectivity index (χ3v) is 4.76. The van der Waals surface area contributed by atoms with Gasteiger partial charge in [0.1, 0.15) is 11.4 Å². The number of hydrogen-bond acceptors (Lipinski definition) is 7. The molecule has 0 aliphatic carbocycles. The van der Waals surface area contributed by atoms with Gasteiger partial charge in [-0.15, -0.1) is 0 Å². The zero-order valence-electron chi connectivity index (χ0n) is 16.5. The molecule has 3 aromatic rings. The van der Waals surface area contributed by atoms with Gasteiger partial charge in [-0.1, -0.05) is 0 Å². The highest BCUT2D eigenvalue weighted by Gasteiger charge is 2.20. The number of anilines is 2. The minimum atomic E-state index is -0.000891. The van der Waals surface area contributed by atoms with Crippen molar-refractivity contribution in [2.75, 3.05) is 45.2 Å². The van der Waals surface area contributed by atoms with E-state index in [4.69, 9.17) is 9.47 Å². The van der Waals surface area contributed by atoms with Crippen LogP contribution in [0.15, 0.2) is 30.5 Å². The van der Waals surface area contributed by atoms with E-state index < -0.39 is 0 Å². The summed E-state index contributed by atoms with van der Waals surface area (Å²) < 4.78 is 11.1. The molecule has 1 saturated heterocycles. The van der Waals surface area contributed by atoms with Crippen LogP contribution in [0.2, 0.25) is 0 Å². The van der Waals surface area contributed by atoms with E-state index in [1.807, 2.05) is 17.9 Å². The monoisotopic (exact) mass is 396 g/mol. The molecule has 0 unspecified atom stereocenters. The summed E-state index contributed by atoms with van der Waals surface area (Å²) >= 11 is 0. The number of rotatable bonds is 6. The second-order valence-electron chi connectivity index (χ2n) is 6.61. The molecule has 9 heteroatoms. The number of nitrogens with one attached hydrogen (secondary N) is 3. The molecule has 1 aliphatic heterocycles. The predicted molar refractivity (Wildman–Crippen MR) is 110 cm³/mol. The largest absolute Gasteiger partial charge is 0.495 e. The Morgan fingerprint density at radius 3 is 2.83 bits per heavy atom. The average Bonchev–Trinajstić information content (AvgIpc) is 3.23. The topological polar surface area (TPSA) is 104 Å². The van der Waals surface area contributed by atoms with Crippen LogP contribution in [0.5, 0.6) is 11.6 Å². The molecule has 9 nitrogen and oxygen atoms in total. The van der Waals surface area contributed by atoms with Gasteiger partial charge in [0.25, 0.3) is 5.91 Å². The first-order valence-electron chi connectivity index (χ1n) is 9.62. The van der Waals surface area contributed by atoms with Gasteiger partial charge in [-0.3, -0.25) is 4.79 Å². The molecule has 3 N–H and O–H groups in total. The normalized spacial score (nSPS) is 14.1. The standard InChI is InChI=1S/C20H24N6O3/c1-3-29-18-14-6-7-22-17(14)24-20(25-18)23-15-5-4-13(12-16(15)28-2)19(27)26-10-8-21-9-11-26/h4-7,12,21H,3,8-11H2,1-2H3,(H2,22,23,24,25). The SMILES string of the molecule is CCOc1nc(Nc2ccc(C(=O)N3CCNCC3)cc2OC)nc2[nH]ccc12. The van der Waals surface area contributed by atoms with Crippen LogP contribution in [0.3, 0.4) is 0 Å². The number of carbonyl (C=O) groups excluding carboxylic acids is 1. The van der Waals surface area contributed by atoms with Crippen LogP contribution in [0.4, 0.5) is 11.6 Å². The Balaban J connectivity index is 1.60. The Hall–Kier alpha value is -3.33. The molecule has 1 aliphatic rings.